The Balaban J connectivity index is 1.63. The van der Waals surface area contributed by atoms with E-state index in [-0.39, 0.29) is 5.91 Å². The Morgan fingerprint density at radius 3 is 2.78 bits per heavy atom. The Morgan fingerprint density at radius 1 is 1.35 bits per heavy atom. The van der Waals surface area contributed by atoms with E-state index in [9.17, 15) is 13.2 Å². The maximum absolute atomic E-state index is 12.1. The van der Waals surface area contributed by atoms with Crippen molar-refractivity contribution in [3.8, 4) is 0 Å². The number of hydrogen-bond acceptors (Lipinski definition) is 4. The lowest BCUT2D eigenvalue weighted by Crippen LogP contribution is -2.45. The first-order valence-corrected chi connectivity index (χ1v) is 9.69. The van der Waals surface area contributed by atoms with Crippen molar-refractivity contribution in [3.05, 3.63) is 35.9 Å². The van der Waals surface area contributed by atoms with Crippen molar-refractivity contribution in [2.24, 2.45) is 0 Å². The van der Waals surface area contributed by atoms with Crippen molar-refractivity contribution in [1.82, 2.24) is 9.62 Å². The molecule has 0 aliphatic carbocycles. The van der Waals surface area contributed by atoms with Gasteiger partial charge in [0, 0.05) is 19.7 Å². The van der Waals surface area contributed by atoms with Gasteiger partial charge in [0.15, 0.2) is 0 Å². The van der Waals surface area contributed by atoms with Crippen LogP contribution in [-0.4, -0.2) is 50.6 Å². The summed E-state index contributed by atoms with van der Waals surface area (Å²) in [4.78, 5) is 12.1. The summed E-state index contributed by atoms with van der Waals surface area (Å²) in [5.41, 5.74) is 1.12. The molecule has 1 aromatic carbocycles. The van der Waals surface area contributed by atoms with Gasteiger partial charge < -0.3 is 10.1 Å². The zero-order chi connectivity index (χ0) is 16.7. The molecule has 0 aromatic heterocycles. The highest BCUT2D eigenvalue weighted by Gasteiger charge is 2.36. The van der Waals surface area contributed by atoms with Gasteiger partial charge in [0.2, 0.25) is 15.9 Å². The van der Waals surface area contributed by atoms with E-state index in [2.05, 4.69) is 5.32 Å². The first-order chi connectivity index (χ1) is 11.0. The molecule has 1 N–H and O–H groups in total. The van der Waals surface area contributed by atoms with Gasteiger partial charge in [-0.15, -0.1) is 0 Å². The molecule has 0 radical (unpaired) electrons. The zero-order valence-corrected chi connectivity index (χ0v) is 14.2. The summed E-state index contributed by atoms with van der Waals surface area (Å²) in [6.45, 7) is 2.02. The SMILES string of the molecule is CS(=O)(=O)N1CCC[C@@H]1C(=O)NCCCOCc1ccccc1. The van der Waals surface area contributed by atoms with Crippen LogP contribution in [0.15, 0.2) is 30.3 Å². The van der Waals surface area contributed by atoms with Gasteiger partial charge in [0.05, 0.1) is 12.9 Å². The lowest BCUT2D eigenvalue weighted by molar-refractivity contribution is -0.124. The van der Waals surface area contributed by atoms with E-state index in [1.165, 1.54) is 4.31 Å². The molecule has 2 rings (SSSR count). The molecular formula is C16H24N2O4S. The van der Waals surface area contributed by atoms with Gasteiger partial charge in [0.25, 0.3) is 0 Å². The second-order valence-electron chi connectivity index (χ2n) is 5.71. The molecule has 0 bridgehead atoms. The molecule has 1 heterocycles. The quantitative estimate of drug-likeness (QED) is 0.720. The van der Waals surface area contributed by atoms with Crippen LogP contribution < -0.4 is 5.32 Å². The Bertz CT molecular complexity index is 604. The molecular weight excluding hydrogens is 316 g/mol. The third-order valence-corrected chi connectivity index (χ3v) is 5.10. The van der Waals surface area contributed by atoms with Gasteiger partial charge in [-0.25, -0.2) is 8.42 Å². The maximum atomic E-state index is 12.1. The predicted octanol–water partition coefficient (Wildman–Crippen LogP) is 1.13. The van der Waals surface area contributed by atoms with Crippen molar-refractivity contribution < 1.29 is 17.9 Å². The van der Waals surface area contributed by atoms with Crippen molar-refractivity contribution in [2.75, 3.05) is 26.0 Å². The fourth-order valence-corrected chi connectivity index (χ4v) is 3.79. The Kier molecular flexibility index (Phi) is 6.56. The molecule has 128 valence electrons. The van der Waals surface area contributed by atoms with Crippen LogP contribution >= 0.6 is 0 Å². The zero-order valence-electron chi connectivity index (χ0n) is 13.4. The maximum Gasteiger partial charge on any atom is 0.238 e. The standard InChI is InChI=1S/C16H24N2O4S/c1-23(20,21)18-11-5-9-15(18)16(19)17-10-6-12-22-13-14-7-3-2-4-8-14/h2-4,7-8,15H,5-6,9-13H2,1H3,(H,17,19)/t15-/m1/s1. The van der Waals surface area contributed by atoms with Crippen LogP contribution in [-0.2, 0) is 26.2 Å². The van der Waals surface area contributed by atoms with Crippen molar-refractivity contribution in [3.63, 3.8) is 0 Å². The highest BCUT2D eigenvalue weighted by atomic mass is 32.2. The molecule has 0 saturated carbocycles. The molecule has 1 aliphatic heterocycles. The van der Waals surface area contributed by atoms with E-state index in [0.717, 1.165) is 18.2 Å². The molecule has 0 unspecified atom stereocenters. The van der Waals surface area contributed by atoms with Gasteiger partial charge >= 0.3 is 0 Å². The number of amides is 1. The fourth-order valence-electron chi connectivity index (χ4n) is 2.67. The van der Waals surface area contributed by atoms with Crippen LogP contribution in [0.3, 0.4) is 0 Å². The number of carbonyl (C=O) groups excluding carboxylic acids is 1. The minimum atomic E-state index is -3.32. The summed E-state index contributed by atoms with van der Waals surface area (Å²) in [5, 5.41) is 2.80. The third-order valence-electron chi connectivity index (χ3n) is 3.81. The number of benzene rings is 1. The van der Waals surface area contributed by atoms with E-state index < -0.39 is 16.1 Å². The second-order valence-corrected chi connectivity index (χ2v) is 7.65. The van der Waals surface area contributed by atoms with Gasteiger partial charge in [-0.2, -0.15) is 4.31 Å². The lowest BCUT2D eigenvalue weighted by Gasteiger charge is -2.21. The Morgan fingerprint density at radius 2 is 2.09 bits per heavy atom. The summed E-state index contributed by atoms with van der Waals surface area (Å²) >= 11 is 0. The van der Waals surface area contributed by atoms with Crippen molar-refractivity contribution in [1.29, 1.82) is 0 Å². The van der Waals surface area contributed by atoms with E-state index in [1.807, 2.05) is 30.3 Å². The number of carbonyl (C=O) groups is 1. The highest BCUT2D eigenvalue weighted by molar-refractivity contribution is 7.88. The molecule has 23 heavy (non-hydrogen) atoms. The average Bonchev–Trinajstić information content (AvgIpc) is 3.01. The molecule has 1 aromatic rings. The molecule has 1 fully saturated rings. The predicted molar refractivity (Wildman–Crippen MR) is 88.3 cm³/mol. The van der Waals surface area contributed by atoms with Gasteiger partial charge in [-0.1, -0.05) is 30.3 Å². The Hall–Kier alpha value is -1.44. The van der Waals surface area contributed by atoms with Gasteiger partial charge in [0.1, 0.15) is 6.04 Å². The third kappa shape index (κ3) is 5.60. The summed E-state index contributed by atoms with van der Waals surface area (Å²) < 4.78 is 30.1. The smallest absolute Gasteiger partial charge is 0.238 e. The summed E-state index contributed by atoms with van der Waals surface area (Å²) in [7, 11) is -3.32. The van der Waals surface area contributed by atoms with Crippen LogP contribution in [0, 0.1) is 0 Å². The van der Waals surface area contributed by atoms with Crippen LogP contribution in [0.4, 0.5) is 0 Å². The van der Waals surface area contributed by atoms with Gasteiger partial charge in [-0.05, 0) is 24.8 Å². The molecule has 1 amide bonds. The van der Waals surface area contributed by atoms with Crippen LogP contribution in [0.1, 0.15) is 24.8 Å². The number of hydrogen-bond donors (Lipinski definition) is 1. The average molecular weight is 340 g/mol. The number of rotatable bonds is 8. The van der Waals surface area contributed by atoms with Crippen molar-refractivity contribution >= 4 is 15.9 Å². The molecule has 6 nitrogen and oxygen atoms in total. The van der Waals surface area contributed by atoms with E-state index in [0.29, 0.717) is 39.1 Å². The minimum Gasteiger partial charge on any atom is -0.377 e. The summed E-state index contributed by atoms with van der Waals surface area (Å²) in [6.07, 6.45) is 3.16. The van der Waals surface area contributed by atoms with E-state index in [1.54, 1.807) is 0 Å². The lowest BCUT2D eigenvalue weighted by atomic mass is 10.2. The van der Waals surface area contributed by atoms with Crippen LogP contribution in [0.2, 0.25) is 0 Å². The Labute approximate surface area is 137 Å². The number of sulfonamides is 1. The van der Waals surface area contributed by atoms with Gasteiger partial charge in [-0.3, -0.25) is 4.79 Å². The van der Waals surface area contributed by atoms with Crippen LogP contribution in [0.5, 0.6) is 0 Å². The largest absolute Gasteiger partial charge is 0.377 e. The molecule has 1 aliphatic rings. The fraction of sp³-hybridized carbons (Fsp3) is 0.562. The number of ether oxygens (including phenoxy) is 1. The number of nitrogens with zero attached hydrogens (tertiary/aromatic N) is 1. The second kappa shape index (κ2) is 8.42. The minimum absolute atomic E-state index is 0.212. The molecule has 1 saturated heterocycles. The van der Waals surface area contributed by atoms with Crippen LogP contribution in [0.25, 0.3) is 0 Å². The first kappa shape index (κ1) is 17.9. The normalized spacial score (nSPS) is 18.9. The molecule has 1 atom stereocenters. The van der Waals surface area contributed by atoms with E-state index in [4.69, 9.17) is 4.74 Å². The van der Waals surface area contributed by atoms with Crippen molar-refractivity contribution in [2.45, 2.75) is 31.9 Å². The summed E-state index contributed by atoms with van der Waals surface area (Å²) in [6, 6.07) is 9.34. The first-order valence-electron chi connectivity index (χ1n) is 7.84. The topological polar surface area (TPSA) is 75.7 Å². The summed E-state index contributed by atoms with van der Waals surface area (Å²) in [5.74, 6) is -0.212. The number of nitrogens with one attached hydrogen (secondary N) is 1. The molecule has 7 heteroatoms. The monoisotopic (exact) mass is 340 g/mol. The highest BCUT2D eigenvalue weighted by Crippen LogP contribution is 2.20. The van der Waals surface area contributed by atoms with E-state index >= 15 is 0 Å². The molecule has 0 spiro atoms.